The van der Waals surface area contributed by atoms with Crippen molar-refractivity contribution in [2.45, 2.75) is 6.04 Å². The van der Waals surface area contributed by atoms with Crippen LogP contribution in [0.3, 0.4) is 0 Å². The summed E-state index contributed by atoms with van der Waals surface area (Å²) in [7, 11) is 0. The summed E-state index contributed by atoms with van der Waals surface area (Å²) in [6, 6.07) is 20.9. The van der Waals surface area contributed by atoms with Crippen molar-refractivity contribution < 1.29 is 15.1 Å². The molecule has 5 nitrogen and oxygen atoms in total. The quantitative estimate of drug-likeness (QED) is 0.690. The lowest BCUT2D eigenvalue weighted by atomic mass is 10.1. The number of rotatable bonds is 6. The van der Waals surface area contributed by atoms with Crippen LogP contribution in [-0.2, 0) is 4.79 Å². The molecular formula is C22H26N4OS+2. The Morgan fingerprint density at radius 1 is 1.00 bits per heavy atom. The van der Waals surface area contributed by atoms with Gasteiger partial charge in [0.25, 0.3) is 11.7 Å². The molecule has 144 valence electrons. The van der Waals surface area contributed by atoms with Crippen LogP contribution >= 0.6 is 11.3 Å². The fourth-order valence-electron chi connectivity index (χ4n) is 3.67. The van der Waals surface area contributed by atoms with Gasteiger partial charge in [-0.1, -0.05) is 42.5 Å². The molecule has 3 aromatic rings. The van der Waals surface area contributed by atoms with Gasteiger partial charge in [-0.2, -0.15) is 0 Å². The van der Waals surface area contributed by atoms with Crippen LogP contribution in [0.5, 0.6) is 0 Å². The number of nitrogens with two attached hydrogens (primary N) is 1. The Labute approximate surface area is 169 Å². The van der Waals surface area contributed by atoms with Crippen molar-refractivity contribution in [1.29, 1.82) is 0 Å². The highest BCUT2D eigenvalue weighted by molar-refractivity contribution is 7.10. The number of carbonyl (C=O) groups excluding carboxylic acids is 1. The van der Waals surface area contributed by atoms with Crippen molar-refractivity contribution in [3.63, 3.8) is 0 Å². The summed E-state index contributed by atoms with van der Waals surface area (Å²) in [6.45, 7) is 3.72. The maximum atomic E-state index is 12.8. The number of aromatic nitrogens is 1. The predicted molar refractivity (Wildman–Crippen MR) is 111 cm³/mol. The number of carbonyl (C=O) groups is 1. The molecule has 1 aliphatic heterocycles. The van der Waals surface area contributed by atoms with Gasteiger partial charge in [-0.25, -0.2) is 4.98 Å². The second-order valence-corrected chi connectivity index (χ2v) is 7.94. The first-order chi connectivity index (χ1) is 13.8. The van der Waals surface area contributed by atoms with Crippen LogP contribution in [0.25, 0.3) is 0 Å². The molecule has 0 unspecified atom stereocenters. The number of hydrogen-bond acceptors (Lipinski definition) is 3. The van der Waals surface area contributed by atoms with Crippen LogP contribution in [-0.4, -0.2) is 43.5 Å². The molecule has 0 bridgehead atoms. The number of thiophene rings is 1. The van der Waals surface area contributed by atoms with Crippen LogP contribution in [0.4, 0.5) is 5.82 Å². The van der Waals surface area contributed by atoms with Gasteiger partial charge in [0.1, 0.15) is 19.1 Å². The number of piperazine rings is 1. The summed E-state index contributed by atoms with van der Waals surface area (Å²) < 4.78 is 0. The lowest BCUT2D eigenvalue weighted by Gasteiger charge is -2.30. The van der Waals surface area contributed by atoms with E-state index in [1.807, 2.05) is 29.3 Å². The minimum Gasteiger partial charge on any atom is -0.330 e. The molecule has 0 spiro atoms. The van der Waals surface area contributed by atoms with E-state index < -0.39 is 0 Å². The van der Waals surface area contributed by atoms with Gasteiger partial charge < -0.3 is 10.2 Å². The zero-order valence-electron chi connectivity index (χ0n) is 15.8. The van der Waals surface area contributed by atoms with Gasteiger partial charge in [0.05, 0.1) is 24.2 Å². The Kier molecular flexibility index (Phi) is 5.99. The molecule has 6 heteroatoms. The number of benzene rings is 1. The fraction of sp³-hybridized carbons (Fsp3) is 0.273. The Bertz CT molecular complexity index is 862. The molecule has 1 amide bonds. The molecular weight excluding hydrogens is 368 g/mol. The van der Waals surface area contributed by atoms with Crippen molar-refractivity contribution in [3.05, 3.63) is 82.7 Å². The first kappa shape index (κ1) is 18.7. The maximum absolute atomic E-state index is 12.8. The Balaban J connectivity index is 1.34. The summed E-state index contributed by atoms with van der Waals surface area (Å²) in [5.41, 5.74) is 1.24. The Morgan fingerprint density at radius 2 is 1.79 bits per heavy atom. The van der Waals surface area contributed by atoms with Gasteiger partial charge in [0.2, 0.25) is 0 Å². The zero-order chi connectivity index (χ0) is 19.2. The third-order valence-corrected chi connectivity index (χ3v) is 6.16. The first-order valence-corrected chi connectivity index (χ1v) is 10.6. The van der Waals surface area contributed by atoms with E-state index in [-0.39, 0.29) is 11.9 Å². The lowest BCUT2D eigenvalue weighted by Crippen LogP contribution is -2.87. The maximum Gasteiger partial charge on any atom is 0.277 e. The third kappa shape index (κ3) is 4.40. The normalized spacial score (nSPS) is 15.4. The summed E-state index contributed by atoms with van der Waals surface area (Å²) >= 11 is 1.74. The molecule has 1 saturated heterocycles. The van der Waals surface area contributed by atoms with E-state index in [2.05, 4.69) is 63.0 Å². The molecule has 4 rings (SSSR count). The minimum atomic E-state index is 0.172. The zero-order valence-corrected chi connectivity index (χ0v) is 16.6. The minimum absolute atomic E-state index is 0.172. The number of hydrogen-bond donors (Lipinski definition) is 1. The van der Waals surface area contributed by atoms with E-state index in [9.17, 15) is 4.79 Å². The fourth-order valence-corrected chi connectivity index (χ4v) is 4.52. The average Bonchev–Trinajstić information content (AvgIpc) is 3.30. The molecule has 1 aliphatic rings. The molecule has 3 heterocycles. The highest BCUT2D eigenvalue weighted by Crippen LogP contribution is 2.22. The van der Waals surface area contributed by atoms with Crippen molar-refractivity contribution >= 4 is 23.1 Å². The summed E-state index contributed by atoms with van der Waals surface area (Å²) in [6.07, 6.45) is 1.94. The highest BCUT2D eigenvalue weighted by Gasteiger charge is 2.28. The highest BCUT2D eigenvalue weighted by atomic mass is 32.1. The van der Waals surface area contributed by atoms with E-state index in [1.165, 1.54) is 10.4 Å². The van der Waals surface area contributed by atoms with Gasteiger partial charge in [-0.15, -0.1) is 11.3 Å². The number of nitrogens with zero attached hydrogens (tertiary/aromatic N) is 2. The Morgan fingerprint density at radius 3 is 2.46 bits per heavy atom. The average molecular weight is 395 g/mol. The molecule has 0 saturated carbocycles. The molecule has 0 radical (unpaired) electrons. The molecule has 2 aromatic heterocycles. The molecule has 1 aromatic carbocycles. The van der Waals surface area contributed by atoms with Crippen molar-refractivity contribution in [2.24, 2.45) is 0 Å². The topological polar surface area (TPSA) is 54.3 Å². The summed E-state index contributed by atoms with van der Waals surface area (Å²) in [4.78, 5) is 21.7. The van der Waals surface area contributed by atoms with E-state index in [1.54, 1.807) is 11.3 Å². The van der Waals surface area contributed by atoms with E-state index in [0.717, 1.165) is 32.0 Å². The van der Waals surface area contributed by atoms with Gasteiger partial charge in [0.15, 0.2) is 6.54 Å². The van der Waals surface area contributed by atoms with Gasteiger partial charge >= 0.3 is 0 Å². The molecule has 1 atom stereocenters. The second-order valence-electron chi connectivity index (χ2n) is 6.96. The first-order valence-electron chi connectivity index (χ1n) is 9.72. The third-order valence-electron chi connectivity index (χ3n) is 5.20. The van der Waals surface area contributed by atoms with Gasteiger partial charge in [-0.05, 0) is 17.5 Å². The number of quaternary nitrogens is 1. The summed E-state index contributed by atoms with van der Waals surface area (Å²) in [5, 5.41) is 4.27. The van der Waals surface area contributed by atoms with E-state index in [0.29, 0.717) is 6.54 Å². The van der Waals surface area contributed by atoms with Gasteiger partial charge in [-0.3, -0.25) is 9.69 Å². The van der Waals surface area contributed by atoms with Gasteiger partial charge in [0, 0.05) is 11.6 Å². The lowest BCUT2D eigenvalue weighted by molar-refractivity contribution is -0.676. The number of anilines is 1. The van der Waals surface area contributed by atoms with Crippen molar-refractivity contribution in [3.8, 4) is 0 Å². The smallest absolute Gasteiger partial charge is 0.277 e. The SMILES string of the molecule is O=C(C[NH2+][C@H](c1ccccc1)c1cccs1)N1CCN(c2cccc[nH+]2)CC1. The van der Waals surface area contributed by atoms with E-state index >= 15 is 0 Å². The molecule has 28 heavy (non-hydrogen) atoms. The van der Waals surface area contributed by atoms with Crippen molar-refractivity contribution in [2.75, 3.05) is 37.6 Å². The van der Waals surface area contributed by atoms with E-state index in [4.69, 9.17) is 0 Å². The monoisotopic (exact) mass is 394 g/mol. The van der Waals surface area contributed by atoms with Crippen LogP contribution in [0.15, 0.2) is 72.2 Å². The number of aromatic amines is 1. The molecule has 0 aliphatic carbocycles. The van der Waals surface area contributed by atoms with Crippen LogP contribution in [0.2, 0.25) is 0 Å². The molecule has 3 N–H and O–H groups in total. The number of H-pyrrole nitrogens is 1. The predicted octanol–water partition coefficient (Wildman–Crippen LogP) is 1.56. The molecule has 1 fully saturated rings. The number of amides is 1. The van der Waals surface area contributed by atoms with Crippen LogP contribution in [0, 0.1) is 0 Å². The standard InChI is InChI=1S/C22H24N4OS/c27-21(26-14-12-25(13-15-26)20-10-4-5-11-23-20)17-24-22(19-9-6-16-28-19)18-7-2-1-3-8-18/h1-11,16,22,24H,12-15,17H2/p+2/t22-/m1/s1. The van der Waals surface area contributed by atoms with Crippen molar-refractivity contribution in [1.82, 2.24) is 4.90 Å². The van der Waals surface area contributed by atoms with Crippen LogP contribution < -0.4 is 15.2 Å². The second kappa shape index (κ2) is 8.99. The number of nitrogens with one attached hydrogen (secondary N) is 1. The number of pyridine rings is 1. The summed E-state index contributed by atoms with van der Waals surface area (Å²) in [5.74, 6) is 1.33. The van der Waals surface area contributed by atoms with Crippen LogP contribution in [0.1, 0.15) is 16.5 Å². The Hall–Kier alpha value is -2.70. The largest absolute Gasteiger partial charge is 0.330 e.